The van der Waals surface area contributed by atoms with E-state index in [0.29, 0.717) is 0 Å². The Labute approximate surface area is 91.9 Å². The highest BCUT2D eigenvalue weighted by Gasteiger charge is 2.42. The van der Waals surface area contributed by atoms with Crippen molar-refractivity contribution in [2.75, 3.05) is 0 Å². The molecule has 15 heavy (non-hydrogen) atoms. The molecule has 4 nitrogen and oxygen atoms in total. The fourth-order valence-electron chi connectivity index (χ4n) is 1.54. The summed E-state index contributed by atoms with van der Waals surface area (Å²) >= 11 is 1.62. The van der Waals surface area contributed by atoms with Gasteiger partial charge >= 0.3 is 0 Å². The maximum Gasteiger partial charge on any atom is 0.176 e. The first-order valence-corrected chi connectivity index (χ1v) is 5.50. The minimum absolute atomic E-state index is 0.267. The van der Waals surface area contributed by atoms with Crippen LogP contribution in [0.2, 0.25) is 0 Å². The Morgan fingerprint density at radius 3 is 3.07 bits per heavy atom. The van der Waals surface area contributed by atoms with Gasteiger partial charge in [0.05, 0.1) is 16.5 Å². The van der Waals surface area contributed by atoms with E-state index in [1.54, 1.807) is 11.3 Å². The second kappa shape index (κ2) is 3.66. The lowest BCUT2D eigenvalue weighted by Crippen LogP contribution is -2.33. The molecule has 0 saturated carbocycles. The van der Waals surface area contributed by atoms with Gasteiger partial charge in [0.1, 0.15) is 5.71 Å². The first kappa shape index (κ1) is 10.2. The van der Waals surface area contributed by atoms with Gasteiger partial charge in [-0.15, -0.1) is 11.3 Å². The van der Waals surface area contributed by atoms with Crippen LogP contribution in [0.15, 0.2) is 27.8 Å². The number of thiophene rings is 1. The largest absolute Gasteiger partial charge is 0.411 e. The van der Waals surface area contributed by atoms with Crippen molar-refractivity contribution in [3.05, 3.63) is 22.4 Å². The van der Waals surface area contributed by atoms with E-state index in [1.165, 1.54) is 6.21 Å². The first-order valence-electron chi connectivity index (χ1n) is 4.62. The Balaban J connectivity index is 2.30. The van der Waals surface area contributed by atoms with E-state index in [9.17, 15) is 0 Å². The molecule has 1 atom stereocenters. The normalized spacial score (nSPS) is 24.1. The van der Waals surface area contributed by atoms with Crippen LogP contribution in [0.25, 0.3) is 0 Å². The molecule has 80 valence electrons. The molecule has 1 unspecified atom stereocenters. The fourth-order valence-corrected chi connectivity index (χ4v) is 2.42. The average Bonchev–Trinajstić information content (AvgIpc) is 2.76. The van der Waals surface area contributed by atoms with Gasteiger partial charge < -0.3 is 10.0 Å². The molecule has 0 fully saturated rings. The summed E-state index contributed by atoms with van der Waals surface area (Å²) in [7, 11) is 0. The van der Waals surface area contributed by atoms with Gasteiger partial charge in [-0.2, -0.15) is 0 Å². The molecule has 1 aliphatic heterocycles. The lowest BCUT2D eigenvalue weighted by Gasteiger charge is -2.21. The summed E-state index contributed by atoms with van der Waals surface area (Å²) in [6.45, 7) is 4.04. The predicted molar refractivity (Wildman–Crippen MR) is 59.8 cm³/mol. The van der Waals surface area contributed by atoms with E-state index in [1.807, 2.05) is 31.4 Å². The highest BCUT2D eigenvalue weighted by molar-refractivity contribution is 7.12. The molecule has 0 amide bonds. The molecular formula is C10H12N2O2S. The van der Waals surface area contributed by atoms with Gasteiger partial charge in [-0.3, -0.25) is 0 Å². The van der Waals surface area contributed by atoms with E-state index in [0.717, 1.165) is 10.6 Å². The second-order valence-electron chi connectivity index (χ2n) is 3.93. The van der Waals surface area contributed by atoms with E-state index in [4.69, 9.17) is 10.0 Å². The minimum Gasteiger partial charge on any atom is -0.411 e. The van der Waals surface area contributed by atoms with Gasteiger partial charge in [-0.1, -0.05) is 30.2 Å². The van der Waals surface area contributed by atoms with Gasteiger partial charge in [-0.05, 0) is 11.4 Å². The lowest BCUT2D eigenvalue weighted by atomic mass is 9.82. The number of hydrogen-bond acceptors (Lipinski definition) is 5. The van der Waals surface area contributed by atoms with Crippen LogP contribution in [0.3, 0.4) is 0 Å². The highest BCUT2D eigenvalue weighted by Crippen LogP contribution is 2.35. The number of hydrogen-bond donors (Lipinski definition) is 1. The van der Waals surface area contributed by atoms with Gasteiger partial charge in [0.2, 0.25) is 0 Å². The molecule has 0 aliphatic carbocycles. The molecule has 0 saturated heterocycles. The van der Waals surface area contributed by atoms with Gasteiger partial charge in [0, 0.05) is 0 Å². The van der Waals surface area contributed by atoms with Crippen LogP contribution >= 0.6 is 11.3 Å². The quantitative estimate of drug-likeness (QED) is 0.476. The van der Waals surface area contributed by atoms with Crippen molar-refractivity contribution < 1.29 is 10.0 Å². The molecule has 2 heterocycles. The van der Waals surface area contributed by atoms with Crippen molar-refractivity contribution >= 4 is 23.3 Å². The summed E-state index contributed by atoms with van der Waals surface area (Å²) in [5.74, 6) is 0. The number of nitrogens with zero attached hydrogens (tertiary/aromatic N) is 2. The Morgan fingerprint density at radius 2 is 2.47 bits per heavy atom. The fraction of sp³-hybridized carbons (Fsp3) is 0.400. The van der Waals surface area contributed by atoms with E-state index in [-0.39, 0.29) is 11.5 Å². The molecule has 0 bridgehead atoms. The Kier molecular flexibility index (Phi) is 2.48. The van der Waals surface area contributed by atoms with Crippen molar-refractivity contribution in [2.45, 2.75) is 20.0 Å². The Bertz CT molecular complexity index is 396. The van der Waals surface area contributed by atoms with Crippen LogP contribution < -0.4 is 0 Å². The van der Waals surface area contributed by atoms with Crippen molar-refractivity contribution in [1.29, 1.82) is 0 Å². The number of oxime groups is 2. The van der Waals surface area contributed by atoms with Crippen LogP contribution in [0.4, 0.5) is 0 Å². The SMILES string of the molecule is CC1(C)C(c2cccs2)=NOC1/C=N/O. The van der Waals surface area contributed by atoms with Crippen LogP contribution in [0.5, 0.6) is 0 Å². The summed E-state index contributed by atoms with van der Waals surface area (Å²) in [6, 6.07) is 3.99. The summed E-state index contributed by atoms with van der Waals surface area (Å²) in [5, 5.41) is 17.6. The molecule has 0 radical (unpaired) electrons. The highest BCUT2D eigenvalue weighted by atomic mass is 32.1. The van der Waals surface area contributed by atoms with Crippen LogP contribution in [0, 0.1) is 5.41 Å². The zero-order valence-corrected chi connectivity index (χ0v) is 9.36. The van der Waals surface area contributed by atoms with Crippen molar-refractivity contribution in [1.82, 2.24) is 0 Å². The third-order valence-corrected chi connectivity index (χ3v) is 3.41. The third kappa shape index (κ3) is 1.63. The topological polar surface area (TPSA) is 54.2 Å². The second-order valence-corrected chi connectivity index (χ2v) is 4.88. The molecular weight excluding hydrogens is 212 g/mol. The third-order valence-electron chi connectivity index (χ3n) is 2.54. The Morgan fingerprint density at radius 1 is 1.67 bits per heavy atom. The zero-order chi connectivity index (χ0) is 10.9. The van der Waals surface area contributed by atoms with Crippen LogP contribution in [-0.4, -0.2) is 23.2 Å². The molecule has 1 aromatic rings. The minimum atomic E-state index is -0.306. The van der Waals surface area contributed by atoms with Crippen molar-refractivity contribution in [3.63, 3.8) is 0 Å². The number of rotatable bonds is 2. The molecule has 0 spiro atoms. The van der Waals surface area contributed by atoms with Crippen LogP contribution in [0.1, 0.15) is 18.7 Å². The molecule has 0 aromatic carbocycles. The maximum atomic E-state index is 8.52. The monoisotopic (exact) mass is 224 g/mol. The van der Waals surface area contributed by atoms with Gasteiger partial charge in [-0.25, -0.2) is 0 Å². The van der Waals surface area contributed by atoms with Crippen molar-refractivity contribution in [2.24, 2.45) is 15.7 Å². The predicted octanol–water partition coefficient (Wildman–Crippen LogP) is 2.34. The maximum absolute atomic E-state index is 8.52. The van der Waals surface area contributed by atoms with E-state index >= 15 is 0 Å². The van der Waals surface area contributed by atoms with E-state index in [2.05, 4.69) is 10.3 Å². The summed E-state index contributed by atoms with van der Waals surface area (Å²) < 4.78 is 0. The van der Waals surface area contributed by atoms with Crippen molar-refractivity contribution in [3.8, 4) is 0 Å². The molecule has 1 aromatic heterocycles. The van der Waals surface area contributed by atoms with Gasteiger partial charge in [0.15, 0.2) is 6.10 Å². The Hall–Kier alpha value is -1.36. The van der Waals surface area contributed by atoms with Gasteiger partial charge in [0.25, 0.3) is 0 Å². The van der Waals surface area contributed by atoms with Crippen LogP contribution in [-0.2, 0) is 4.84 Å². The molecule has 1 N–H and O–H groups in total. The lowest BCUT2D eigenvalue weighted by molar-refractivity contribution is 0.0881. The molecule has 1 aliphatic rings. The summed E-state index contributed by atoms with van der Waals surface area (Å²) in [5.41, 5.74) is 0.638. The summed E-state index contributed by atoms with van der Waals surface area (Å²) in [6.07, 6.45) is 1.06. The molecule has 2 rings (SSSR count). The standard InChI is InChI=1S/C10H12N2O2S/c1-10(2)8(6-11-13)14-12-9(10)7-4-3-5-15-7/h3-6,8,13H,1-2H3/b11-6+. The molecule has 5 heteroatoms. The zero-order valence-electron chi connectivity index (χ0n) is 8.54. The summed E-state index contributed by atoms with van der Waals surface area (Å²) in [4.78, 5) is 6.32. The smallest absolute Gasteiger partial charge is 0.176 e. The first-order chi connectivity index (χ1) is 7.16. The average molecular weight is 224 g/mol. The van der Waals surface area contributed by atoms with E-state index < -0.39 is 0 Å².